The first-order valence-electron chi connectivity index (χ1n) is 4.69. The molecular formula is C13H13P. The normalized spacial score (nSPS) is 10.1. The highest BCUT2D eigenvalue weighted by Gasteiger charge is 1.98. The fourth-order valence-electron chi connectivity index (χ4n) is 1.49. The molecule has 0 heterocycles. The Bertz CT molecular complexity index is 432. The van der Waals surface area contributed by atoms with E-state index >= 15 is 0 Å². The lowest BCUT2D eigenvalue weighted by Crippen LogP contribution is -1.95. The molecule has 0 saturated heterocycles. The van der Waals surface area contributed by atoms with E-state index in [2.05, 4.69) is 58.6 Å². The van der Waals surface area contributed by atoms with Gasteiger partial charge in [0.05, 0.1) is 0 Å². The van der Waals surface area contributed by atoms with Crippen LogP contribution in [0, 0.1) is 6.92 Å². The molecule has 2 aromatic rings. The zero-order valence-electron chi connectivity index (χ0n) is 8.20. The lowest BCUT2D eigenvalue weighted by molar-refractivity contribution is 1.51. The lowest BCUT2D eigenvalue weighted by atomic mass is 10.0. The summed E-state index contributed by atoms with van der Waals surface area (Å²) in [5.41, 5.74) is 3.88. The molecule has 0 bridgehead atoms. The van der Waals surface area contributed by atoms with Crippen LogP contribution >= 0.6 is 9.24 Å². The first kappa shape index (κ1) is 9.43. The van der Waals surface area contributed by atoms with Gasteiger partial charge >= 0.3 is 0 Å². The van der Waals surface area contributed by atoms with Gasteiger partial charge in [-0.15, -0.1) is 9.24 Å². The smallest absolute Gasteiger partial charge is 0.0181 e. The maximum absolute atomic E-state index is 2.75. The van der Waals surface area contributed by atoms with Crippen LogP contribution in [0.1, 0.15) is 5.56 Å². The van der Waals surface area contributed by atoms with Crippen molar-refractivity contribution in [2.75, 3.05) is 0 Å². The van der Waals surface area contributed by atoms with Gasteiger partial charge < -0.3 is 0 Å². The van der Waals surface area contributed by atoms with Crippen molar-refractivity contribution in [3.63, 3.8) is 0 Å². The van der Waals surface area contributed by atoms with Crippen LogP contribution in [-0.4, -0.2) is 0 Å². The van der Waals surface area contributed by atoms with E-state index in [4.69, 9.17) is 0 Å². The van der Waals surface area contributed by atoms with Gasteiger partial charge in [-0.3, -0.25) is 0 Å². The molecule has 0 aromatic heterocycles. The molecule has 0 aliphatic heterocycles. The predicted octanol–water partition coefficient (Wildman–Crippen LogP) is 3.16. The predicted molar refractivity (Wildman–Crippen MR) is 66.0 cm³/mol. The molecule has 70 valence electrons. The number of hydrogen-bond acceptors (Lipinski definition) is 0. The van der Waals surface area contributed by atoms with Crippen LogP contribution in [0.5, 0.6) is 0 Å². The van der Waals surface area contributed by atoms with Crippen molar-refractivity contribution in [3.8, 4) is 11.1 Å². The zero-order chi connectivity index (χ0) is 9.97. The first-order valence-corrected chi connectivity index (χ1v) is 5.26. The molecule has 0 aliphatic rings. The molecule has 0 radical (unpaired) electrons. The maximum atomic E-state index is 2.75. The fraction of sp³-hybridized carbons (Fsp3) is 0.0769. The van der Waals surface area contributed by atoms with Crippen LogP contribution < -0.4 is 5.30 Å². The Morgan fingerprint density at radius 2 is 1.57 bits per heavy atom. The highest BCUT2D eigenvalue weighted by molar-refractivity contribution is 7.27. The summed E-state index contributed by atoms with van der Waals surface area (Å²) in [6.07, 6.45) is 0. The Morgan fingerprint density at radius 1 is 0.857 bits per heavy atom. The van der Waals surface area contributed by atoms with Gasteiger partial charge in [-0.2, -0.15) is 0 Å². The van der Waals surface area contributed by atoms with Gasteiger partial charge in [-0.1, -0.05) is 48.5 Å². The van der Waals surface area contributed by atoms with Crippen molar-refractivity contribution < 1.29 is 0 Å². The van der Waals surface area contributed by atoms with E-state index in [0.717, 1.165) is 0 Å². The number of hydrogen-bond donors (Lipinski definition) is 0. The minimum atomic E-state index is 1.27. The molecule has 14 heavy (non-hydrogen) atoms. The van der Waals surface area contributed by atoms with E-state index in [9.17, 15) is 0 Å². The van der Waals surface area contributed by atoms with E-state index < -0.39 is 0 Å². The van der Waals surface area contributed by atoms with E-state index in [1.165, 1.54) is 22.0 Å². The quantitative estimate of drug-likeness (QED) is 0.620. The van der Waals surface area contributed by atoms with Crippen LogP contribution in [-0.2, 0) is 0 Å². The molecule has 0 saturated carbocycles. The van der Waals surface area contributed by atoms with E-state index in [1.54, 1.807) is 0 Å². The van der Waals surface area contributed by atoms with Crippen LogP contribution in [0.2, 0.25) is 0 Å². The third-order valence-electron chi connectivity index (χ3n) is 2.38. The minimum absolute atomic E-state index is 1.27. The van der Waals surface area contributed by atoms with Gasteiger partial charge in [0.2, 0.25) is 0 Å². The summed E-state index contributed by atoms with van der Waals surface area (Å²) < 4.78 is 0. The Labute approximate surface area is 87.2 Å². The Balaban J connectivity index is 2.48. The second-order valence-corrected chi connectivity index (χ2v) is 4.06. The minimum Gasteiger partial charge on any atom is -0.105 e. The van der Waals surface area contributed by atoms with Crippen LogP contribution in [0.3, 0.4) is 0 Å². The van der Waals surface area contributed by atoms with Gasteiger partial charge in [0.25, 0.3) is 0 Å². The van der Waals surface area contributed by atoms with Crippen LogP contribution in [0.4, 0.5) is 0 Å². The van der Waals surface area contributed by atoms with E-state index in [0.29, 0.717) is 0 Å². The summed E-state index contributed by atoms with van der Waals surface area (Å²) in [6, 6.07) is 17.0. The molecule has 0 spiro atoms. The average molecular weight is 200 g/mol. The van der Waals surface area contributed by atoms with Gasteiger partial charge in [0.15, 0.2) is 0 Å². The van der Waals surface area contributed by atoms with Crippen molar-refractivity contribution in [1.29, 1.82) is 0 Å². The summed E-state index contributed by atoms with van der Waals surface area (Å²) in [7, 11) is 2.75. The molecule has 1 heteroatoms. The van der Waals surface area contributed by atoms with Crippen molar-refractivity contribution in [3.05, 3.63) is 54.1 Å². The maximum Gasteiger partial charge on any atom is -0.0181 e. The second kappa shape index (κ2) is 3.94. The zero-order valence-corrected chi connectivity index (χ0v) is 9.35. The number of aryl methyl sites for hydroxylation is 1. The summed E-state index contributed by atoms with van der Waals surface area (Å²) >= 11 is 0. The topological polar surface area (TPSA) is 0 Å². The Kier molecular flexibility index (Phi) is 2.65. The summed E-state index contributed by atoms with van der Waals surface area (Å²) in [4.78, 5) is 0. The Hall–Kier alpha value is -1.13. The standard InChI is InChI=1S/C13H13P/c1-10-9-12(7-8-13(10)14)11-5-3-2-4-6-11/h2-9H,14H2,1H3. The van der Waals surface area contributed by atoms with Gasteiger partial charge in [0, 0.05) is 0 Å². The molecule has 1 atom stereocenters. The number of benzene rings is 2. The highest BCUT2D eigenvalue weighted by Crippen LogP contribution is 2.19. The van der Waals surface area contributed by atoms with Crippen molar-refractivity contribution in [1.82, 2.24) is 0 Å². The molecule has 0 aliphatic carbocycles. The van der Waals surface area contributed by atoms with Crippen molar-refractivity contribution in [2.45, 2.75) is 6.92 Å². The molecule has 0 amide bonds. The molecule has 0 N–H and O–H groups in total. The molecule has 0 nitrogen and oxygen atoms in total. The molecule has 2 rings (SSSR count). The molecule has 0 fully saturated rings. The van der Waals surface area contributed by atoms with Crippen molar-refractivity contribution in [2.24, 2.45) is 0 Å². The largest absolute Gasteiger partial charge is 0.105 e. The third kappa shape index (κ3) is 1.86. The molecule has 2 aromatic carbocycles. The van der Waals surface area contributed by atoms with Gasteiger partial charge in [0.1, 0.15) is 0 Å². The van der Waals surface area contributed by atoms with Gasteiger partial charge in [-0.05, 0) is 28.9 Å². The summed E-state index contributed by atoms with van der Waals surface area (Å²) in [5.74, 6) is 0. The van der Waals surface area contributed by atoms with Crippen LogP contribution in [0.15, 0.2) is 48.5 Å². The molecule has 1 unspecified atom stereocenters. The Morgan fingerprint density at radius 3 is 2.21 bits per heavy atom. The monoisotopic (exact) mass is 200 g/mol. The SMILES string of the molecule is Cc1cc(-c2ccccc2)ccc1P. The van der Waals surface area contributed by atoms with E-state index in [1.807, 2.05) is 6.07 Å². The van der Waals surface area contributed by atoms with E-state index in [-0.39, 0.29) is 0 Å². The molecular weight excluding hydrogens is 187 g/mol. The average Bonchev–Trinajstić information content (AvgIpc) is 2.23. The van der Waals surface area contributed by atoms with Crippen molar-refractivity contribution >= 4 is 14.5 Å². The first-order chi connectivity index (χ1) is 6.77. The third-order valence-corrected chi connectivity index (χ3v) is 3.02. The highest BCUT2D eigenvalue weighted by atomic mass is 31.0. The summed E-state index contributed by atoms with van der Waals surface area (Å²) in [5, 5.41) is 1.27. The van der Waals surface area contributed by atoms with Crippen LogP contribution in [0.25, 0.3) is 11.1 Å². The summed E-state index contributed by atoms with van der Waals surface area (Å²) in [6.45, 7) is 2.13. The van der Waals surface area contributed by atoms with Gasteiger partial charge in [-0.25, -0.2) is 0 Å². The fourth-order valence-corrected chi connectivity index (χ4v) is 1.67. The second-order valence-electron chi connectivity index (χ2n) is 3.44. The lowest BCUT2D eigenvalue weighted by Gasteiger charge is -2.04. The number of rotatable bonds is 1.